The number of hydrogen-bond donors (Lipinski definition) is 2. The first-order chi connectivity index (χ1) is 10.5. The molecule has 2 N–H and O–H groups in total. The number of benzene rings is 1. The van der Waals surface area contributed by atoms with Gasteiger partial charge in [0.05, 0.1) is 10.0 Å². The summed E-state index contributed by atoms with van der Waals surface area (Å²) in [6.07, 6.45) is 2.06. The van der Waals surface area contributed by atoms with Crippen LogP contribution in [0, 0.1) is 6.92 Å². The summed E-state index contributed by atoms with van der Waals surface area (Å²) >= 11 is 11.9. The van der Waals surface area contributed by atoms with E-state index in [0.29, 0.717) is 27.4 Å². The third-order valence-electron chi connectivity index (χ3n) is 3.18. The predicted molar refractivity (Wildman–Crippen MR) is 87.0 cm³/mol. The van der Waals surface area contributed by atoms with Gasteiger partial charge in [-0.2, -0.15) is 0 Å². The third kappa shape index (κ3) is 3.67. The summed E-state index contributed by atoms with van der Waals surface area (Å²) in [5.41, 5.74) is 1.09. The number of halogens is 2. The Bertz CT molecular complexity index is 731. The van der Waals surface area contributed by atoms with Gasteiger partial charge in [-0.05, 0) is 38.0 Å². The fraction of sp³-hybridized carbons (Fsp3) is 0.267. The van der Waals surface area contributed by atoms with E-state index in [1.807, 2.05) is 0 Å². The molecule has 0 aliphatic heterocycles. The van der Waals surface area contributed by atoms with E-state index in [-0.39, 0.29) is 11.9 Å². The second-order valence-electron chi connectivity index (χ2n) is 5.19. The molecule has 1 amide bonds. The van der Waals surface area contributed by atoms with Crippen LogP contribution in [0.15, 0.2) is 24.3 Å². The van der Waals surface area contributed by atoms with Gasteiger partial charge in [-0.3, -0.25) is 4.79 Å². The van der Waals surface area contributed by atoms with Gasteiger partial charge in [0.25, 0.3) is 5.91 Å². The molecule has 0 bridgehead atoms. The highest BCUT2D eigenvalue weighted by Crippen LogP contribution is 2.26. The molecule has 1 fully saturated rings. The molecule has 0 saturated heterocycles. The molecule has 0 unspecified atom stereocenters. The van der Waals surface area contributed by atoms with E-state index in [2.05, 4.69) is 20.6 Å². The molecular formula is C15H14Cl2N4O. The SMILES string of the molecule is Cc1nc(Nc2ccc(Cl)c(Cl)c2)cc(C(=O)NC2CC2)n1. The van der Waals surface area contributed by atoms with Gasteiger partial charge in [-0.25, -0.2) is 9.97 Å². The van der Waals surface area contributed by atoms with Crippen LogP contribution < -0.4 is 10.6 Å². The number of carbonyl (C=O) groups excluding carboxylic acids is 1. The third-order valence-corrected chi connectivity index (χ3v) is 3.91. The summed E-state index contributed by atoms with van der Waals surface area (Å²) in [7, 11) is 0. The number of amides is 1. The van der Waals surface area contributed by atoms with Crippen molar-refractivity contribution in [3.63, 3.8) is 0 Å². The second-order valence-corrected chi connectivity index (χ2v) is 6.00. The maximum atomic E-state index is 12.1. The lowest BCUT2D eigenvalue weighted by molar-refractivity contribution is 0.0945. The number of nitrogens with one attached hydrogen (secondary N) is 2. The molecule has 1 aromatic carbocycles. The largest absolute Gasteiger partial charge is 0.348 e. The Labute approximate surface area is 138 Å². The van der Waals surface area contributed by atoms with Crippen molar-refractivity contribution in [2.45, 2.75) is 25.8 Å². The lowest BCUT2D eigenvalue weighted by Gasteiger charge is -2.09. The Kier molecular flexibility index (Phi) is 4.18. The number of anilines is 2. The Morgan fingerprint density at radius 1 is 1.18 bits per heavy atom. The van der Waals surface area contributed by atoms with Gasteiger partial charge < -0.3 is 10.6 Å². The van der Waals surface area contributed by atoms with Crippen LogP contribution in [0.5, 0.6) is 0 Å². The lowest BCUT2D eigenvalue weighted by atomic mass is 10.3. The molecule has 0 atom stereocenters. The maximum absolute atomic E-state index is 12.1. The molecule has 114 valence electrons. The van der Waals surface area contributed by atoms with Crippen LogP contribution in [0.1, 0.15) is 29.2 Å². The highest BCUT2D eigenvalue weighted by Gasteiger charge is 2.24. The monoisotopic (exact) mass is 336 g/mol. The lowest BCUT2D eigenvalue weighted by Crippen LogP contribution is -2.26. The van der Waals surface area contributed by atoms with E-state index in [4.69, 9.17) is 23.2 Å². The smallest absolute Gasteiger partial charge is 0.270 e. The molecular weight excluding hydrogens is 323 g/mol. The molecule has 1 aromatic heterocycles. The minimum atomic E-state index is -0.176. The van der Waals surface area contributed by atoms with E-state index in [1.165, 1.54) is 0 Å². The van der Waals surface area contributed by atoms with Gasteiger partial charge in [0.15, 0.2) is 0 Å². The summed E-state index contributed by atoms with van der Waals surface area (Å²) in [5.74, 6) is 0.878. The minimum absolute atomic E-state index is 0.176. The van der Waals surface area contributed by atoms with Crippen molar-refractivity contribution in [2.75, 3.05) is 5.32 Å². The zero-order valence-corrected chi connectivity index (χ0v) is 13.4. The van der Waals surface area contributed by atoms with Crippen LogP contribution >= 0.6 is 23.2 Å². The average molecular weight is 337 g/mol. The first-order valence-electron chi connectivity index (χ1n) is 6.90. The summed E-state index contributed by atoms with van der Waals surface area (Å²) in [6, 6.07) is 7.09. The molecule has 22 heavy (non-hydrogen) atoms. The Morgan fingerprint density at radius 2 is 1.95 bits per heavy atom. The molecule has 0 spiro atoms. The molecule has 3 rings (SSSR count). The fourth-order valence-corrected chi connectivity index (χ4v) is 2.25. The highest BCUT2D eigenvalue weighted by molar-refractivity contribution is 6.42. The highest BCUT2D eigenvalue weighted by atomic mass is 35.5. The van der Waals surface area contributed by atoms with Crippen molar-refractivity contribution < 1.29 is 4.79 Å². The number of hydrogen-bond acceptors (Lipinski definition) is 4. The van der Waals surface area contributed by atoms with Crippen LogP contribution in [-0.2, 0) is 0 Å². The van der Waals surface area contributed by atoms with E-state index in [9.17, 15) is 4.79 Å². The summed E-state index contributed by atoms with van der Waals surface area (Å²) in [5, 5.41) is 6.94. The van der Waals surface area contributed by atoms with Crippen molar-refractivity contribution in [1.82, 2.24) is 15.3 Å². The number of rotatable bonds is 4. The van der Waals surface area contributed by atoms with Gasteiger partial charge in [-0.1, -0.05) is 23.2 Å². The number of aryl methyl sites for hydroxylation is 1. The number of nitrogens with zero attached hydrogens (tertiary/aromatic N) is 2. The Hall–Kier alpha value is -1.85. The zero-order valence-electron chi connectivity index (χ0n) is 11.9. The van der Waals surface area contributed by atoms with E-state index >= 15 is 0 Å². The van der Waals surface area contributed by atoms with Gasteiger partial charge in [0.2, 0.25) is 0 Å². The quantitative estimate of drug-likeness (QED) is 0.892. The van der Waals surface area contributed by atoms with Crippen LogP contribution in [0.4, 0.5) is 11.5 Å². The van der Waals surface area contributed by atoms with Crippen LogP contribution in [0.3, 0.4) is 0 Å². The Balaban J connectivity index is 1.81. The van der Waals surface area contributed by atoms with Crippen LogP contribution in [0.2, 0.25) is 10.0 Å². The standard InChI is InChI=1S/C15H14Cl2N4O/c1-8-18-13(15(22)21-9-2-3-9)7-14(19-8)20-10-4-5-11(16)12(17)6-10/h4-7,9H,2-3H2,1H3,(H,21,22)(H,18,19,20). The Morgan fingerprint density at radius 3 is 2.64 bits per heavy atom. The van der Waals surface area contributed by atoms with Crippen LogP contribution in [-0.4, -0.2) is 21.9 Å². The van der Waals surface area contributed by atoms with Gasteiger partial charge in [-0.15, -0.1) is 0 Å². The maximum Gasteiger partial charge on any atom is 0.270 e. The average Bonchev–Trinajstić information content (AvgIpc) is 3.26. The first-order valence-corrected chi connectivity index (χ1v) is 7.65. The van der Waals surface area contributed by atoms with Gasteiger partial charge in [0.1, 0.15) is 17.3 Å². The molecule has 5 nitrogen and oxygen atoms in total. The first kappa shape index (κ1) is 15.1. The van der Waals surface area contributed by atoms with Crippen molar-refractivity contribution in [3.8, 4) is 0 Å². The zero-order chi connectivity index (χ0) is 15.7. The molecule has 1 saturated carbocycles. The van der Waals surface area contributed by atoms with Crippen molar-refractivity contribution in [1.29, 1.82) is 0 Å². The topological polar surface area (TPSA) is 66.9 Å². The summed E-state index contributed by atoms with van der Waals surface area (Å²) in [4.78, 5) is 20.5. The summed E-state index contributed by atoms with van der Waals surface area (Å²) < 4.78 is 0. The van der Waals surface area contributed by atoms with Crippen molar-refractivity contribution >= 4 is 40.6 Å². The molecule has 0 radical (unpaired) electrons. The van der Waals surface area contributed by atoms with E-state index in [1.54, 1.807) is 31.2 Å². The molecule has 2 aromatic rings. The predicted octanol–water partition coefficient (Wildman–Crippen LogP) is 3.73. The van der Waals surface area contributed by atoms with Gasteiger partial charge in [0, 0.05) is 17.8 Å². The van der Waals surface area contributed by atoms with Gasteiger partial charge >= 0.3 is 0 Å². The van der Waals surface area contributed by atoms with E-state index < -0.39 is 0 Å². The summed E-state index contributed by atoms with van der Waals surface area (Å²) in [6.45, 7) is 1.74. The molecule has 1 heterocycles. The molecule has 1 aliphatic rings. The van der Waals surface area contributed by atoms with Crippen LogP contribution in [0.25, 0.3) is 0 Å². The second kappa shape index (κ2) is 6.10. The molecule has 1 aliphatic carbocycles. The fourth-order valence-electron chi connectivity index (χ4n) is 1.96. The van der Waals surface area contributed by atoms with E-state index in [0.717, 1.165) is 18.5 Å². The number of aromatic nitrogens is 2. The number of carbonyl (C=O) groups is 1. The van der Waals surface area contributed by atoms with Crippen molar-refractivity contribution in [2.24, 2.45) is 0 Å². The minimum Gasteiger partial charge on any atom is -0.348 e. The van der Waals surface area contributed by atoms with Crippen molar-refractivity contribution in [3.05, 3.63) is 45.8 Å². The normalized spacial score (nSPS) is 13.8. The molecule has 7 heteroatoms.